The van der Waals surface area contributed by atoms with Crippen molar-refractivity contribution in [1.82, 2.24) is 9.62 Å². The van der Waals surface area contributed by atoms with Crippen molar-refractivity contribution in [2.45, 2.75) is 37.0 Å². The topological polar surface area (TPSA) is 75.7 Å². The summed E-state index contributed by atoms with van der Waals surface area (Å²) in [6, 6.07) is 11.7. The number of carbonyl (C=O) groups excluding carboxylic acids is 1. The van der Waals surface area contributed by atoms with Crippen molar-refractivity contribution < 1.29 is 17.9 Å². The van der Waals surface area contributed by atoms with Crippen molar-refractivity contribution in [3.8, 4) is 5.75 Å². The zero-order valence-corrected chi connectivity index (χ0v) is 18.6. The van der Waals surface area contributed by atoms with Crippen molar-refractivity contribution in [1.29, 1.82) is 0 Å². The quantitative estimate of drug-likeness (QED) is 0.694. The molecule has 0 unspecified atom stereocenters. The molecule has 1 fully saturated rings. The fourth-order valence-electron chi connectivity index (χ4n) is 3.53. The first-order valence-electron chi connectivity index (χ1n) is 10.1. The van der Waals surface area contributed by atoms with Crippen LogP contribution in [0.15, 0.2) is 47.4 Å². The van der Waals surface area contributed by atoms with Crippen LogP contribution in [-0.4, -0.2) is 46.0 Å². The van der Waals surface area contributed by atoms with E-state index >= 15 is 0 Å². The monoisotopic (exact) mass is 450 g/mol. The third kappa shape index (κ3) is 5.74. The van der Waals surface area contributed by atoms with E-state index in [2.05, 4.69) is 4.72 Å². The van der Waals surface area contributed by atoms with Crippen LogP contribution in [0.2, 0.25) is 5.02 Å². The highest BCUT2D eigenvalue weighted by Gasteiger charge is 2.24. The lowest BCUT2D eigenvalue weighted by molar-refractivity contribution is 0.0758. The second kappa shape index (κ2) is 10.3. The molecule has 2 aromatic carbocycles. The third-order valence-corrected chi connectivity index (χ3v) is 6.93. The largest absolute Gasteiger partial charge is 0.496 e. The van der Waals surface area contributed by atoms with Crippen molar-refractivity contribution in [3.63, 3.8) is 0 Å². The number of likely N-dealkylation sites (tertiary alicyclic amines) is 1. The van der Waals surface area contributed by atoms with Gasteiger partial charge in [0.05, 0.1) is 17.6 Å². The summed E-state index contributed by atoms with van der Waals surface area (Å²) >= 11 is 5.88. The minimum atomic E-state index is -3.76. The standard InChI is InChI=1S/C22H27ClN2O4S/c1-29-21-11-10-19(16-20(21)22(26)25-14-4-2-3-5-15-25)30(27,28)24-13-12-17-6-8-18(23)9-7-17/h6-11,16,24H,2-5,12-15H2,1H3. The summed E-state index contributed by atoms with van der Waals surface area (Å²) in [4.78, 5) is 14.9. The maximum atomic E-state index is 13.1. The molecule has 1 aliphatic rings. The summed E-state index contributed by atoms with van der Waals surface area (Å²) in [7, 11) is -2.28. The average molecular weight is 451 g/mol. The number of nitrogens with one attached hydrogen (secondary N) is 1. The smallest absolute Gasteiger partial charge is 0.257 e. The van der Waals surface area contributed by atoms with E-state index in [0.29, 0.717) is 30.3 Å². The predicted molar refractivity (Wildman–Crippen MR) is 118 cm³/mol. The molecular weight excluding hydrogens is 424 g/mol. The molecule has 1 N–H and O–H groups in total. The Morgan fingerprint density at radius 3 is 2.37 bits per heavy atom. The minimum absolute atomic E-state index is 0.0533. The number of carbonyl (C=O) groups is 1. The molecule has 8 heteroatoms. The van der Waals surface area contributed by atoms with Gasteiger partial charge in [0.1, 0.15) is 5.75 Å². The highest BCUT2D eigenvalue weighted by Crippen LogP contribution is 2.25. The highest BCUT2D eigenvalue weighted by molar-refractivity contribution is 7.89. The number of halogens is 1. The second-order valence-corrected chi connectivity index (χ2v) is 9.55. The Kier molecular flexibility index (Phi) is 7.75. The van der Waals surface area contributed by atoms with Crippen molar-refractivity contribution in [2.24, 2.45) is 0 Å². The van der Waals surface area contributed by atoms with E-state index in [1.807, 2.05) is 12.1 Å². The van der Waals surface area contributed by atoms with Gasteiger partial charge in [-0.2, -0.15) is 0 Å². The van der Waals surface area contributed by atoms with Crippen molar-refractivity contribution >= 4 is 27.5 Å². The predicted octanol–water partition coefficient (Wildman–Crippen LogP) is 3.89. The third-order valence-electron chi connectivity index (χ3n) is 5.22. The number of benzene rings is 2. The Morgan fingerprint density at radius 2 is 1.73 bits per heavy atom. The average Bonchev–Trinajstić information content (AvgIpc) is 3.03. The molecule has 0 aromatic heterocycles. The molecule has 0 bridgehead atoms. The van der Waals surface area contributed by atoms with Crippen LogP contribution in [-0.2, 0) is 16.4 Å². The summed E-state index contributed by atoms with van der Waals surface area (Å²) in [5.41, 5.74) is 1.26. The molecule has 2 aromatic rings. The number of methoxy groups -OCH3 is 1. The van der Waals surface area contributed by atoms with Gasteiger partial charge in [-0.1, -0.05) is 36.6 Å². The molecule has 1 aliphatic heterocycles. The molecule has 162 valence electrons. The van der Waals surface area contributed by atoms with Crippen LogP contribution in [0, 0.1) is 0 Å². The summed E-state index contributed by atoms with van der Waals surface area (Å²) in [6.45, 7) is 1.60. The second-order valence-electron chi connectivity index (χ2n) is 7.34. The zero-order chi connectivity index (χ0) is 21.6. The van der Waals surface area contributed by atoms with Crippen LogP contribution in [0.1, 0.15) is 41.6 Å². The highest BCUT2D eigenvalue weighted by atomic mass is 35.5. The number of ether oxygens (including phenoxy) is 1. The summed E-state index contributed by atoms with van der Waals surface area (Å²) in [5, 5.41) is 0.638. The van der Waals surface area contributed by atoms with Gasteiger partial charge >= 0.3 is 0 Å². The maximum absolute atomic E-state index is 13.1. The molecule has 3 rings (SSSR count). The van der Waals surface area contributed by atoms with Gasteiger partial charge in [0, 0.05) is 24.7 Å². The van der Waals surface area contributed by atoms with Crippen LogP contribution >= 0.6 is 11.6 Å². The summed E-state index contributed by atoms with van der Waals surface area (Å²) < 4.78 is 33.5. The molecule has 0 aliphatic carbocycles. The first kappa shape index (κ1) is 22.6. The molecule has 1 amide bonds. The number of amides is 1. The van der Waals surface area contributed by atoms with Gasteiger partial charge in [-0.05, 0) is 55.2 Å². The molecule has 0 saturated carbocycles. The molecule has 1 heterocycles. The Labute approximate surface area is 183 Å². The Bertz CT molecular complexity index is 969. The summed E-state index contributed by atoms with van der Waals surface area (Å²) in [6.07, 6.45) is 4.66. The van der Waals surface area contributed by atoms with E-state index in [-0.39, 0.29) is 22.9 Å². The number of rotatable bonds is 7. The van der Waals surface area contributed by atoms with Gasteiger partial charge in [-0.15, -0.1) is 0 Å². The fourth-order valence-corrected chi connectivity index (χ4v) is 4.71. The normalized spacial score (nSPS) is 14.9. The molecule has 0 spiro atoms. The van der Waals surface area contributed by atoms with E-state index in [0.717, 1.165) is 31.2 Å². The first-order valence-corrected chi connectivity index (χ1v) is 12.0. The van der Waals surface area contributed by atoms with E-state index in [4.69, 9.17) is 16.3 Å². The number of sulfonamides is 1. The van der Waals surface area contributed by atoms with Gasteiger partial charge < -0.3 is 9.64 Å². The van der Waals surface area contributed by atoms with Crippen molar-refractivity contribution in [3.05, 3.63) is 58.6 Å². The van der Waals surface area contributed by atoms with Gasteiger partial charge in [-0.3, -0.25) is 4.79 Å². The van der Waals surface area contributed by atoms with E-state index in [1.54, 1.807) is 23.1 Å². The number of nitrogens with zero attached hydrogens (tertiary/aromatic N) is 1. The fraction of sp³-hybridized carbons (Fsp3) is 0.409. The van der Waals surface area contributed by atoms with Crippen LogP contribution in [0.4, 0.5) is 0 Å². The Balaban J connectivity index is 1.74. The lowest BCUT2D eigenvalue weighted by atomic mass is 10.1. The SMILES string of the molecule is COc1ccc(S(=O)(=O)NCCc2ccc(Cl)cc2)cc1C(=O)N1CCCCCC1. The van der Waals surface area contributed by atoms with Gasteiger partial charge in [0.15, 0.2) is 0 Å². The van der Waals surface area contributed by atoms with Gasteiger partial charge in [-0.25, -0.2) is 13.1 Å². The molecule has 1 saturated heterocycles. The van der Waals surface area contributed by atoms with Crippen LogP contribution in [0.3, 0.4) is 0 Å². The van der Waals surface area contributed by atoms with Crippen LogP contribution in [0.25, 0.3) is 0 Å². The Morgan fingerprint density at radius 1 is 1.07 bits per heavy atom. The lowest BCUT2D eigenvalue weighted by Gasteiger charge is -2.22. The number of hydrogen-bond acceptors (Lipinski definition) is 4. The molecular formula is C22H27ClN2O4S. The van der Waals surface area contributed by atoms with E-state index < -0.39 is 10.0 Å². The van der Waals surface area contributed by atoms with Gasteiger partial charge in [0.25, 0.3) is 5.91 Å². The molecule has 30 heavy (non-hydrogen) atoms. The van der Waals surface area contributed by atoms with Crippen LogP contribution < -0.4 is 9.46 Å². The zero-order valence-electron chi connectivity index (χ0n) is 17.1. The number of hydrogen-bond donors (Lipinski definition) is 1. The maximum Gasteiger partial charge on any atom is 0.257 e. The van der Waals surface area contributed by atoms with Crippen LogP contribution in [0.5, 0.6) is 5.75 Å². The van der Waals surface area contributed by atoms with Gasteiger partial charge in [0.2, 0.25) is 10.0 Å². The summed E-state index contributed by atoms with van der Waals surface area (Å²) in [5.74, 6) is 0.191. The Hall–Kier alpha value is -2.09. The molecule has 6 nitrogen and oxygen atoms in total. The van der Waals surface area contributed by atoms with Crippen molar-refractivity contribution in [2.75, 3.05) is 26.7 Å². The van der Waals surface area contributed by atoms with E-state index in [9.17, 15) is 13.2 Å². The molecule has 0 radical (unpaired) electrons. The lowest BCUT2D eigenvalue weighted by Crippen LogP contribution is -2.32. The minimum Gasteiger partial charge on any atom is -0.496 e. The van der Waals surface area contributed by atoms with E-state index in [1.165, 1.54) is 19.2 Å². The molecule has 0 atom stereocenters. The first-order chi connectivity index (χ1) is 14.4.